The second kappa shape index (κ2) is 10.4. The Labute approximate surface area is 159 Å². The summed E-state index contributed by atoms with van der Waals surface area (Å²) < 4.78 is 5.74. The van der Waals surface area contributed by atoms with Crippen LogP contribution in [0.3, 0.4) is 0 Å². The van der Waals surface area contributed by atoms with Crippen molar-refractivity contribution in [1.82, 2.24) is 5.32 Å². The molecule has 0 saturated heterocycles. The van der Waals surface area contributed by atoms with Gasteiger partial charge in [-0.15, -0.1) is 0 Å². The summed E-state index contributed by atoms with van der Waals surface area (Å²) in [6.45, 7) is 4.66. The van der Waals surface area contributed by atoms with Gasteiger partial charge in [0.1, 0.15) is 5.75 Å². The van der Waals surface area contributed by atoms with E-state index in [2.05, 4.69) is 36.5 Å². The standard InChI is InChI=1S/C20H24ClNO2S/c1-3-19(24-18-10-8-17(21)9-11-18)20(23)22-12-13-25-14-16-6-4-15(2)5-7-16/h4-11,19H,3,12-14H2,1-2H3,(H,22,23)/t19-/m1/s1. The molecule has 0 aliphatic carbocycles. The molecule has 0 aromatic heterocycles. The van der Waals surface area contributed by atoms with Gasteiger partial charge < -0.3 is 10.1 Å². The van der Waals surface area contributed by atoms with Crippen LogP contribution in [-0.4, -0.2) is 24.3 Å². The van der Waals surface area contributed by atoms with E-state index in [0.29, 0.717) is 23.7 Å². The Balaban J connectivity index is 1.68. The van der Waals surface area contributed by atoms with Gasteiger partial charge in [-0.1, -0.05) is 48.4 Å². The van der Waals surface area contributed by atoms with Gasteiger partial charge >= 0.3 is 0 Å². The van der Waals surface area contributed by atoms with Crippen LogP contribution in [0.1, 0.15) is 24.5 Å². The first-order chi connectivity index (χ1) is 12.1. The fourth-order valence-corrected chi connectivity index (χ4v) is 3.18. The second-order valence-corrected chi connectivity index (χ2v) is 7.34. The second-order valence-electron chi connectivity index (χ2n) is 5.80. The van der Waals surface area contributed by atoms with Crippen LogP contribution in [0.5, 0.6) is 5.75 Å². The van der Waals surface area contributed by atoms with Crippen LogP contribution in [0.15, 0.2) is 48.5 Å². The highest BCUT2D eigenvalue weighted by molar-refractivity contribution is 7.98. The van der Waals surface area contributed by atoms with Crippen LogP contribution < -0.4 is 10.1 Å². The van der Waals surface area contributed by atoms with Crippen molar-refractivity contribution in [1.29, 1.82) is 0 Å². The highest BCUT2D eigenvalue weighted by Crippen LogP contribution is 2.18. The van der Waals surface area contributed by atoms with Gasteiger partial charge in [-0.25, -0.2) is 0 Å². The molecule has 3 nitrogen and oxygen atoms in total. The van der Waals surface area contributed by atoms with Crippen LogP contribution in [0, 0.1) is 6.92 Å². The number of hydrogen-bond acceptors (Lipinski definition) is 3. The summed E-state index contributed by atoms with van der Waals surface area (Å²) in [6.07, 6.45) is 0.133. The first-order valence-electron chi connectivity index (χ1n) is 8.41. The number of rotatable bonds is 9. The molecule has 134 valence electrons. The summed E-state index contributed by atoms with van der Waals surface area (Å²) in [6, 6.07) is 15.6. The smallest absolute Gasteiger partial charge is 0.261 e. The maximum absolute atomic E-state index is 12.2. The van der Waals surface area contributed by atoms with Gasteiger partial charge in [0.05, 0.1) is 0 Å². The molecule has 0 spiro atoms. The van der Waals surface area contributed by atoms with Gasteiger partial charge in [-0.05, 0) is 43.2 Å². The Kier molecular flexibility index (Phi) is 8.16. The molecule has 25 heavy (non-hydrogen) atoms. The lowest BCUT2D eigenvalue weighted by Crippen LogP contribution is -2.39. The molecule has 2 aromatic rings. The predicted molar refractivity (Wildman–Crippen MR) is 107 cm³/mol. The number of carbonyl (C=O) groups excluding carboxylic acids is 1. The van der Waals surface area contributed by atoms with Crippen LogP contribution in [0.2, 0.25) is 5.02 Å². The van der Waals surface area contributed by atoms with Gasteiger partial charge in [0.15, 0.2) is 6.10 Å². The minimum atomic E-state index is -0.483. The zero-order valence-corrected chi connectivity index (χ0v) is 16.2. The molecule has 0 radical (unpaired) electrons. The van der Waals surface area contributed by atoms with Crippen LogP contribution in [0.25, 0.3) is 0 Å². The molecule has 0 fully saturated rings. The molecular weight excluding hydrogens is 354 g/mol. The van der Waals surface area contributed by atoms with Crippen molar-refractivity contribution in [2.75, 3.05) is 12.3 Å². The number of halogens is 1. The van der Waals surface area contributed by atoms with Crippen LogP contribution in [0.4, 0.5) is 0 Å². The van der Waals surface area contributed by atoms with E-state index in [1.54, 1.807) is 24.3 Å². The molecule has 0 heterocycles. The van der Waals surface area contributed by atoms with Crippen molar-refractivity contribution in [3.05, 3.63) is 64.7 Å². The van der Waals surface area contributed by atoms with Crippen molar-refractivity contribution < 1.29 is 9.53 Å². The van der Waals surface area contributed by atoms with E-state index in [0.717, 1.165) is 11.5 Å². The first kappa shape index (κ1) is 19.7. The van der Waals surface area contributed by atoms with E-state index in [4.69, 9.17) is 16.3 Å². The average molecular weight is 378 g/mol. The summed E-state index contributed by atoms with van der Waals surface area (Å²) >= 11 is 7.67. The number of thioether (sulfide) groups is 1. The highest BCUT2D eigenvalue weighted by Gasteiger charge is 2.17. The first-order valence-corrected chi connectivity index (χ1v) is 9.95. The molecule has 0 aliphatic rings. The number of ether oxygens (including phenoxy) is 1. The maximum atomic E-state index is 12.2. The average Bonchev–Trinajstić information content (AvgIpc) is 2.62. The number of amides is 1. The zero-order valence-electron chi connectivity index (χ0n) is 14.6. The molecule has 2 aromatic carbocycles. The summed E-state index contributed by atoms with van der Waals surface area (Å²) in [7, 11) is 0. The largest absolute Gasteiger partial charge is 0.481 e. The Morgan fingerprint density at radius 1 is 1.16 bits per heavy atom. The SMILES string of the molecule is CC[C@@H](Oc1ccc(Cl)cc1)C(=O)NCCSCc1ccc(C)cc1. The quantitative estimate of drug-likeness (QED) is 0.634. The highest BCUT2D eigenvalue weighted by atomic mass is 35.5. The number of aryl methyl sites for hydroxylation is 1. The number of hydrogen-bond donors (Lipinski definition) is 1. The lowest BCUT2D eigenvalue weighted by molar-refractivity contribution is -0.127. The molecule has 0 unspecified atom stereocenters. The third-order valence-electron chi connectivity index (χ3n) is 3.69. The van der Waals surface area contributed by atoms with Crippen molar-refractivity contribution in [3.8, 4) is 5.75 Å². The van der Waals surface area contributed by atoms with Gasteiger partial charge in [-0.2, -0.15) is 11.8 Å². The lowest BCUT2D eigenvalue weighted by atomic mass is 10.2. The monoisotopic (exact) mass is 377 g/mol. The minimum Gasteiger partial charge on any atom is -0.481 e. The number of benzene rings is 2. The molecule has 0 aliphatic heterocycles. The molecule has 1 N–H and O–H groups in total. The fourth-order valence-electron chi connectivity index (χ4n) is 2.23. The van der Waals surface area contributed by atoms with Crippen LogP contribution >= 0.6 is 23.4 Å². The molecular formula is C20H24ClNO2S. The lowest BCUT2D eigenvalue weighted by Gasteiger charge is -2.17. The van der Waals surface area contributed by atoms with Gasteiger partial charge in [0.2, 0.25) is 0 Å². The number of carbonyl (C=O) groups is 1. The Morgan fingerprint density at radius 2 is 1.84 bits per heavy atom. The van der Waals surface area contributed by atoms with Gasteiger partial charge in [-0.3, -0.25) is 4.79 Å². The zero-order chi connectivity index (χ0) is 18.1. The van der Waals surface area contributed by atoms with E-state index in [1.165, 1.54) is 11.1 Å². The molecule has 0 saturated carbocycles. The van der Waals surface area contributed by atoms with E-state index >= 15 is 0 Å². The molecule has 5 heteroatoms. The van der Waals surface area contributed by atoms with E-state index in [9.17, 15) is 4.79 Å². The van der Waals surface area contributed by atoms with E-state index in [-0.39, 0.29) is 5.91 Å². The number of nitrogens with one attached hydrogen (secondary N) is 1. The van der Waals surface area contributed by atoms with Gasteiger partial charge in [0, 0.05) is 23.1 Å². The third kappa shape index (κ3) is 7.00. The summed E-state index contributed by atoms with van der Waals surface area (Å²) in [5, 5.41) is 3.60. The third-order valence-corrected chi connectivity index (χ3v) is 4.97. The molecule has 1 atom stereocenters. The normalized spacial score (nSPS) is 11.8. The molecule has 2 rings (SSSR count). The maximum Gasteiger partial charge on any atom is 0.261 e. The van der Waals surface area contributed by atoms with Crippen molar-refractivity contribution in [3.63, 3.8) is 0 Å². The Bertz CT molecular complexity index is 658. The Hall–Kier alpha value is -1.65. The van der Waals surface area contributed by atoms with Crippen LogP contribution in [-0.2, 0) is 10.5 Å². The Morgan fingerprint density at radius 3 is 2.48 bits per heavy atom. The van der Waals surface area contributed by atoms with E-state index in [1.807, 2.05) is 18.7 Å². The summed E-state index contributed by atoms with van der Waals surface area (Å²) in [5.41, 5.74) is 2.58. The molecule has 0 bridgehead atoms. The molecule has 1 amide bonds. The summed E-state index contributed by atoms with van der Waals surface area (Å²) in [5.74, 6) is 2.40. The fraction of sp³-hybridized carbons (Fsp3) is 0.350. The van der Waals surface area contributed by atoms with E-state index < -0.39 is 6.10 Å². The van der Waals surface area contributed by atoms with Crippen molar-refractivity contribution >= 4 is 29.3 Å². The minimum absolute atomic E-state index is 0.0756. The van der Waals surface area contributed by atoms with Crippen molar-refractivity contribution in [2.45, 2.75) is 32.1 Å². The topological polar surface area (TPSA) is 38.3 Å². The predicted octanol–water partition coefficient (Wildman–Crippen LogP) is 4.86. The van der Waals surface area contributed by atoms with Gasteiger partial charge in [0.25, 0.3) is 5.91 Å². The van der Waals surface area contributed by atoms with Crippen molar-refractivity contribution in [2.24, 2.45) is 0 Å². The summed E-state index contributed by atoms with van der Waals surface area (Å²) in [4.78, 5) is 12.2.